The van der Waals surface area contributed by atoms with Crippen LogP contribution in [-0.2, 0) is 10.0 Å². The predicted octanol–water partition coefficient (Wildman–Crippen LogP) is 2.57. The van der Waals surface area contributed by atoms with Gasteiger partial charge in [-0.25, -0.2) is 17.8 Å². The normalized spacial score (nSPS) is 11.3. The summed E-state index contributed by atoms with van der Waals surface area (Å²) >= 11 is 5.71. The molecule has 20 heavy (non-hydrogen) atoms. The van der Waals surface area contributed by atoms with Gasteiger partial charge in [-0.15, -0.1) is 0 Å². The minimum absolute atomic E-state index is 0.0296. The lowest BCUT2D eigenvalue weighted by Crippen LogP contribution is -2.17. The highest BCUT2D eigenvalue weighted by Gasteiger charge is 2.22. The van der Waals surface area contributed by atoms with Crippen molar-refractivity contribution >= 4 is 33.1 Å². The molecule has 0 spiro atoms. The highest BCUT2D eigenvalue weighted by molar-refractivity contribution is 7.92. The van der Waals surface area contributed by atoms with E-state index in [0.29, 0.717) is 5.56 Å². The second kappa shape index (κ2) is 5.26. The van der Waals surface area contributed by atoms with Crippen molar-refractivity contribution in [2.24, 2.45) is 0 Å². The highest BCUT2D eigenvalue weighted by atomic mass is 35.5. The highest BCUT2D eigenvalue weighted by Crippen LogP contribution is 2.27. The van der Waals surface area contributed by atoms with Crippen molar-refractivity contribution < 1.29 is 12.8 Å². The maximum absolute atomic E-state index is 13.9. The fraction of sp³-hybridized carbons (Fsp3) is 0.0833. The number of benzene rings is 1. The fourth-order valence-electron chi connectivity index (χ4n) is 1.55. The molecule has 106 valence electrons. The van der Waals surface area contributed by atoms with Gasteiger partial charge in [0.15, 0.2) is 5.82 Å². The van der Waals surface area contributed by atoms with Gasteiger partial charge in [-0.2, -0.15) is 0 Å². The molecule has 0 saturated heterocycles. The number of sulfonamides is 1. The maximum atomic E-state index is 13.9. The monoisotopic (exact) mass is 315 g/mol. The number of nitrogen functional groups attached to an aromatic ring is 1. The Morgan fingerprint density at radius 2 is 2.10 bits per heavy atom. The lowest BCUT2D eigenvalue weighted by atomic mass is 10.3. The quantitative estimate of drug-likeness (QED) is 0.852. The smallest absolute Gasteiger partial charge is 0.266 e. The molecular weight excluding hydrogens is 305 g/mol. The molecule has 1 heterocycles. The van der Waals surface area contributed by atoms with Crippen LogP contribution in [-0.4, -0.2) is 13.4 Å². The van der Waals surface area contributed by atoms with Crippen molar-refractivity contribution in [3.8, 4) is 0 Å². The van der Waals surface area contributed by atoms with E-state index in [1.54, 1.807) is 19.1 Å². The number of aromatic nitrogens is 1. The zero-order valence-electron chi connectivity index (χ0n) is 10.4. The van der Waals surface area contributed by atoms with Crippen molar-refractivity contribution in [3.05, 3.63) is 46.9 Å². The molecule has 2 rings (SSSR count). The third kappa shape index (κ3) is 2.83. The number of anilines is 2. The Balaban J connectivity index is 2.49. The van der Waals surface area contributed by atoms with E-state index in [0.717, 1.165) is 12.1 Å². The minimum Gasteiger partial charge on any atom is -0.396 e. The van der Waals surface area contributed by atoms with Gasteiger partial charge in [-0.05, 0) is 30.7 Å². The Labute approximate surface area is 120 Å². The van der Waals surface area contributed by atoms with Gasteiger partial charge in [0.05, 0.1) is 5.69 Å². The van der Waals surface area contributed by atoms with E-state index in [9.17, 15) is 12.8 Å². The van der Waals surface area contributed by atoms with Crippen molar-refractivity contribution in [3.63, 3.8) is 0 Å². The summed E-state index contributed by atoms with van der Waals surface area (Å²) in [6.45, 7) is 1.67. The number of halogens is 2. The molecule has 1 aromatic heterocycles. The molecular formula is C12H11ClFN3O2S. The van der Waals surface area contributed by atoms with Crippen LogP contribution in [0.2, 0.25) is 5.02 Å². The molecule has 3 N–H and O–H groups in total. The molecule has 5 nitrogen and oxygen atoms in total. The predicted molar refractivity (Wildman–Crippen MR) is 75.6 cm³/mol. The summed E-state index contributed by atoms with van der Waals surface area (Å²) in [5.41, 5.74) is 5.64. The van der Waals surface area contributed by atoms with E-state index >= 15 is 0 Å². The lowest BCUT2D eigenvalue weighted by molar-refractivity contribution is 0.572. The van der Waals surface area contributed by atoms with Gasteiger partial charge in [-0.3, -0.25) is 4.72 Å². The lowest BCUT2D eigenvalue weighted by Gasteiger charge is -2.11. The van der Waals surface area contributed by atoms with Crippen LogP contribution < -0.4 is 10.5 Å². The summed E-state index contributed by atoms with van der Waals surface area (Å²) < 4.78 is 40.4. The van der Waals surface area contributed by atoms with Gasteiger partial charge >= 0.3 is 0 Å². The third-order valence-electron chi connectivity index (χ3n) is 2.56. The largest absolute Gasteiger partial charge is 0.396 e. The second-order valence-electron chi connectivity index (χ2n) is 4.08. The van der Waals surface area contributed by atoms with Crippen LogP contribution >= 0.6 is 11.6 Å². The van der Waals surface area contributed by atoms with E-state index in [4.69, 9.17) is 17.3 Å². The first-order valence-electron chi connectivity index (χ1n) is 5.50. The van der Waals surface area contributed by atoms with Gasteiger partial charge in [0.1, 0.15) is 10.7 Å². The summed E-state index contributed by atoms with van der Waals surface area (Å²) in [5.74, 6) is -0.930. The van der Waals surface area contributed by atoms with E-state index in [-0.39, 0.29) is 16.5 Å². The van der Waals surface area contributed by atoms with Crippen LogP contribution in [0, 0.1) is 12.7 Å². The Hall–Kier alpha value is -1.86. The molecule has 0 radical (unpaired) electrons. The second-order valence-corrected chi connectivity index (χ2v) is 6.17. The first-order valence-corrected chi connectivity index (χ1v) is 7.36. The minimum atomic E-state index is -4.16. The molecule has 0 unspecified atom stereocenters. The molecule has 2 aromatic rings. The zero-order chi connectivity index (χ0) is 14.9. The van der Waals surface area contributed by atoms with E-state index in [1.807, 2.05) is 0 Å². The van der Waals surface area contributed by atoms with Crippen molar-refractivity contribution in [1.82, 2.24) is 4.98 Å². The number of nitrogens with one attached hydrogen (secondary N) is 1. The molecule has 8 heteroatoms. The Kier molecular flexibility index (Phi) is 3.82. The van der Waals surface area contributed by atoms with Crippen molar-refractivity contribution in [2.75, 3.05) is 10.5 Å². The van der Waals surface area contributed by atoms with E-state index < -0.39 is 20.7 Å². The fourth-order valence-corrected chi connectivity index (χ4v) is 3.06. The SMILES string of the molecule is Cc1cccnc1NS(=O)(=O)c1cc(Cl)cc(N)c1F. The molecule has 0 atom stereocenters. The molecule has 1 aromatic carbocycles. The number of nitrogens with zero attached hydrogens (tertiary/aromatic N) is 1. The van der Waals surface area contributed by atoms with E-state index in [1.165, 1.54) is 6.20 Å². The van der Waals surface area contributed by atoms with Crippen LogP contribution in [0.5, 0.6) is 0 Å². The summed E-state index contributed by atoms with van der Waals surface area (Å²) in [6.07, 6.45) is 1.42. The Morgan fingerprint density at radius 1 is 1.40 bits per heavy atom. The number of hydrogen-bond acceptors (Lipinski definition) is 4. The summed E-state index contributed by atoms with van der Waals surface area (Å²) in [5, 5.41) is 0.0296. The Morgan fingerprint density at radius 3 is 2.75 bits per heavy atom. The van der Waals surface area contributed by atoms with Crippen LogP contribution in [0.25, 0.3) is 0 Å². The average Bonchev–Trinajstić information content (AvgIpc) is 2.36. The summed E-state index contributed by atoms with van der Waals surface area (Å²) in [4.78, 5) is 3.27. The first-order chi connectivity index (χ1) is 9.31. The van der Waals surface area contributed by atoms with Crippen molar-refractivity contribution in [2.45, 2.75) is 11.8 Å². The topological polar surface area (TPSA) is 85.1 Å². The van der Waals surface area contributed by atoms with Gasteiger partial charge in [-0.1, -0.05) is 17.7 Å². The zero-order valence-corrected chi connectivity index (χ0v) is 12.0. The van der Waals surface area contributed by atoms with E-state index in [2.05, 4.69) is 9.71 Å². The number of aryl methyl sites for hydroxylation is 1. The average molecular weight is 316 g/mol. The van der Waals surface area contributed by atoms with Gasteiger partial charge in [0.25, 0.3) is 10.0 Å². The number of pyridine rings is 1. The number of hydrogen-bond donors (Lipinski definition) is 2. The molecule has 0 aliphatic rings. The third-order valence-corrected chi connectivity index (χ3v) is 4.12. The van der Waals surface area contributed by atoms with Gasteiger partial charge in [0, 0.05) is 11.2 Å². The van der Waals surface area contributed by atoms with Crippen LogP contribution in [0.3, 0.4) is 0 Å². The first kappa shape index (κ1) is 14.5. The molecule has 0 saturated carbocycles. The molecule has 0 amide bonds. The summed E-state index contributed by atoms with van der Waals surface area (Å²) in [7, 11) is -4.16. The van der Waals surface area contributed by atoms with Crippen LogP contribution in [0.15, 0.2) is 35.4 Å². The molecule has 0 bridgehead atoms. The van der Waals surface area contributed by atoms with Crippen molar-refractivity contribution in [1.29, 1.82) is 0 Å². The van der Waals surface area contributed by atoms with Crippen LogP contribution in [0.4, 0.5) is 15.9 Å². The van der Waals surface area contributed by atoms with Gasteiger partial charge < -0.3 is 5.73 Å². The summed E-state index contributed by atoms with van der Waals surface area (Å²) in [6, 6.07) is 5.47. The Bertz CT molecular complexity index is 765. The molecule has 0 aliphatic heterocycles. The molecule has 0 fully saturated rings. The maximum Gasteiger partial charge on any atom is 0.266 e. The number of nitrogens with two attached hydrogens (primary N) is 1. The number of rotatable bonds is 3. The van der Waals surface area contributed by atoms with Crippen LogP contribution in [0.1, 0.15) is 5.56 Å². The molecule has 0 aliphatic carbocycles. The standard InChI is InChI=1S/C12H11ClFN3O2S/c1-7-3-2-4-16-12(7)17-20(18,19)10-6-8(13)5-9(15)11(10)14/h2-6H,15H2,1H3,(H,16,17). The van der Waals surface area contributed by atoms with Gasteiger partial charge in [0.2, 0.25) is 0 Å².